The van der Waals surface area contributed by atoms with Gasteiger partial charge in [0.25, 0.3) is 10.1 Å². The molecule has 0 atom stereocenters. The van der Waals surface area contributed by atoms with Crippen LogP contribution in [0.1, 0.15) is 37.7 Å². The molecule has 4 fully saturated rings. The summed E-state index contributed by atoms with van der Waals surface area (Å²) in [5.41, 5.74) is 6.12. The third-order valence-corrected chi connectivity index (χ3v) is 12.0. The van der Waals surface area contributed by atoms with Crippen LogP contribution in [-0.2, 0) is 35.6 Å². The molecule has 0 radical (unpaired) electrons. The first-order valence-electron chi connectivity index (χ1n) is 17.4. The first kappa shape index (κ1) is 33.3. The smallest absolute Gasteiger partial charge is 0.297 e. The van der Waals surface area contributed by atoms with Crippen molar-refractivity contribution in [2.75, 3.05) is 39.6 Å². The van der Waals surface area contributed by atoms with E-state index in [0.717, 1.165) is 67.4 Å². The molecule has 4 aliphatic carbocycles. The van der Waals surface area contributed by atoms with Crippen LogP contribution in [0.3, 0.4) is 0 Å². The lowest BCUT2D eigenvalue weighted by molar-refractivity contribution is -0.264. The molecule has 0 N–H and O–H groups in total. The van der Waals surface area contributed by atoms with E-state index >= 15 is 0 Å². The van der Waals surface area contributed by atoms with E-state index in [0.29, 0.717) is 24.5 Å². The Bertz CT molecular complexity index is 2070. The van der Waals surface area contributed by atoms with E-state index < -0.39 is 10.1 Å². The third kappa shape index (κ3) is 6.65. The molecule has 2 bridgehead atoms. The molecule has 0 unspecified atom stereocenters. The largest absolute Gasteiger partial charge is 0.474 e. The fraction of sp³-hybridized carbons (Fsp3) is 0.436. The van der Waals surface area contributed by atoms with E-state index in [-0.39, 0.29) is 35.7 Å². The van der Waals surface area contributed by atoms with Crippen molar-refractivity contribution in [1.82, 2.24) is 14.5 Å². The Morgan fingerprint density at radius 2 is 1.52 bits per heavy atom. The molecular weight excluding hydrogens is 655 g/mol. The molecular formula is C39H43N3O7S. The second kappa shape index (κ2) is 13.4. The van der Waals surface area contributed by atoms with Crippen LogP contribution in [0.5, 0.6) is 5.88 Å². The Balaban J connectivity index is 0.690. The van der Waals surface area contributed by atoms with Crippen molar-refractivity contribution < 1.29 is 31.5 Å². The summed E-state index contributed by atoms with van der Waals surface area (Å²) in [4.78, 5) is 9.07. The second-order valence-electron chi connectivity index (χ2n) is 14.5. The Morgan fingerprint density at radius 3 is 2.30 bits per heavy atom. The Labute approximate surface area is 292 Å². The molecule has 9 rings (SSSR count). The topological polar surface area (TPSA) is 111 Å². The highest BCUT2D eigenvalue weighted by atomic mass is 32.2. The number of ether oxygens (including phenoxy) is 4. The summed E-state index contributed by atoms with van der Waals surface area (Å²) in [6, 6.07) is 19.2. The zero-order valence-electron chi connectivity index (χ0n) is 28.5. The maximum Gasteiger partial charge on any atom is 0.297 e. The van der Waals surface area contributed by atoms with Gasteiger partial charge in [0.05, 0.1) is 56.2 Å². The van der Waals surface area contributed by atoms with Gasteiger partial charge in [-0.15, -0.1) is 0 Å². The zero-order chi connectivity index (χ0) is 34.3. The standard InChI is InChI=1S/C39H43N3O7S/c1-27-3-7-32(8-4-27)50(43,44)48-16-15-45-13-14-46-25-38-22-39(23-38,24-38)26-47-30-18-31(19-30)49-37-10-6-29(20-41-37)28-5-9-33-34-21-40-12-11-35(34)42(2)36(33)17-28/h3-12,17,20-21,30-31H,13-16,18-19,22-26H2,1-2H3/t30-,31-,38?,39?. The van der Waals surface area contributed by atoms with Gasteiger partial charge in [-0.05, 0) is 72.9 Å². The van der Waals surface area contributed by atoms with Gasteiger partial charge in [-0.1, -0.05) is 29.8 Å². The van der Waals surface area contributed by atoms with Crippen LogP contribution in [0.2, 0.25) is 0 Å². The van der Waals surface area contributed by atoms with Gasteiger partial charge in [-0.25, -0.2) is 4.98 Å². The van der Waals surface area contributed by atoms with Crippen molar-refractivity contribution in [2.24, 2.45) is 17.9 Å². The summed E-state index contributed by atoms with van der Waals surface area (Å²) < 4.78 is 55.6. The second-order valence-corrected chi connectivity index (χ2v) is 16.1. The SMILES string of the molecule is Cc1ccc(S(=O)(=O)OCCOCCOCC23CC(CO[C@H]4C[C@H](Oc5ccc(-c6ccc7c8cnccc8n(C)c7c6)cn5)C4)(C2)C3)cc1. The van der Waals surface area contributed by atoms with Crippen molar-refractivity contribution in [3.8, 4) is 17.0 Å². The lowest BCUT2D eigenvalue weighted by Crippen LogP contribution is -2.66. The molecule has 0 saturated heterocycles. The molecule has 10 nitrogen and oxygen atoms in total. The normalized spacial score (nSPS) is 24.1. The number of hydrogen-bond donors (Lipinski definition) is 0. The van der Waals surface area contributed by atoms with Crippen molar-refractivity contribution in [3.63, 3.8) is 0 Å². The summed E-state index contributed by atoms with van der Waals surface area (Å²) >= 11 is 0. The van der Waals surface area contributed by atoms with Gasteiger partial charge in [-0.3, -0.25) is 9.17 Å². The highest BCUT2D eigenvalue weighted by Crippen LogP contribution is 2.73. The number of rotatable bonds is 16. The number of benzene rings is 2. The average molecular weight is 698 g/mol. The monoisotopic (exact) mass is 697 g/mol. The van der Waals surface area contributed by atoms with E-state index in [1.165, 1.54) is 16.4 Å². The molecule has 4 aliphatic rings. The van der Waals surface area contributed by atoms with Crippen molar-refractivity contribution >= 4 is 31.9 Å². The summed E-state index contributed by atoms with van der Waals surface area (Å²) in [7, 11) is -1.67. The Morgan fingerprint density at radius 1 is 0.780 bits per heavy atom. The molecule has 262 valence electrons. The minimum atomic E-state index is -3.76. The molecule has 3 heterocycles. The van der Waals surface area contributed by atoms with Crippen LogP contribution in [0.25, 0.3) is 32.9 Å². The highest BCUT2D eigenvalue weighted by Gasteiger charge is 2.67. The minimum absolute atomic E-state index is 0.0238. The highest BCUT2D eigenvalue weighted by molar-refractivity contribution is 7.86. The molecule has 4 saturated carbocycles. The van der Waals surface area contributed by atoms with Crippen LogP contribution in [0.4, 0.5) is 0 Å². The Hall–Kier alpha value is -3.87. The Kier molecular flexibility index (Phi) is 8.89. The fourth-order valence-electron chi connectivity index (χ4n) is 8.09. The van der Waals surface area contributed by atoms with E-state index in [1.807, 2.05) is 31.6 Å². The van der Waals surface area contributed by atoms with Gasteiger partial charge in [0, 0.05) is 66.4 Å². The van der Waals surface area contributed by atoms with Gasteiger partial charge in [0.1, 0.15) is 6.10 Å². The van der Waals surface area contributed by atoms with E-state index in [2.05, 4.69) is 51.9 Å². The van der Waals surface area contributed by atoms with Crippen molar-refractivity contribution in [1.29, 1.82) is 0 Å². The van der Waals surface area contributed by atoms with Crippen LogP contribution in [0.15, 0.2) is 84.1 Å². The van der Waals surface area contributed by atoms with E-state index in [9.17, 15) is 8.42 Å². The molecule has 50 heavy (non-hydrogen) atoms. The van der Waals surface area contributed by atoms with Gasteiger partial charge in [-0.2, -0.15) is 8.42 Å². The number of nitrogens with zero attached hydrogens (tertiary/aromatic N) is 3. The number of hydrogen-bond acceptors (Lipinski definition) is 9. The van der Waals surface area contributed by atoms with E-state index in [1.54, 1.807) is 24.3 Å². The van der Waals surface area contributed by atoms with Crippen LogP contribution < -0.4 is 4.74 Å². The molecule has 5 aromatic rings. The van der Waals surface area contributed by atoms with Gasteiger partial charge < -0.3 is 23.5 Å². The molecule has 0 amide bonds. The average Bonchev–Trinajstić information content (AvgIpc) is 3.35. The number of aromatic nitrogens is 3. The van der Waals surface area contributed by atoms with Gasteiger partial charge in [0.15, 0.2) is 0 Å². The summed E-state index contributed by atoms with van der Waals surface area (Å²) in [6.45, 7) is 4.51. The first-order chi connectivity index (χ1) is 24.2. The van der Waals surface area contributed by atoms with E-state index in [4.69, 9.17) is 23.1 Å². The summed E-state index contributed by atoms with van der Waals surface area (Å²) in [6.07, 6.45) is 11.3. The lowest BCUT2D eigenvalue weighted by Gasteiger charge is -2.70. The fourth-order valence-corrected chi connectivity index (χ4v) is 8.98. The van der Waals surface area contributed by atoms with Gasteiger partial charge >= 0.3 is 0 Å². The molecule has 3 aromatic heterocycles. The molecule has 11 heteroatoms. The van der Waals surface area contributed by atoms with Crippen LogP contribution >= 0.6 is 0 Å². The number of fused-ring (bicyclic) bond motifs is 3. The third-order valence-electron chi connectivity index (χ3n) is 10.6. The predicted molar refractivity (Wildman–Crippen MR) is 190 cm³/mol. The van der Waals surface area contributed by atoms with Crippen molar-refractivity contribution in [2.45, 2.75) is 56.1 Å². The molecule has 2 aromatic carbocycles. The summed E-state index contributed by atoms with van der Waals surface area (Å²) in [5, 5.41) is 2.36. The molecule has 0 spiro atoms. The minimum Gasteiger partial charge on any atom is -0.474 e. The van der Waals surface area contributed by atoms with Crippen molar-refractivity contribution in [3.05, 3.63) is 84.8 Å². The maximum atomic E-state index is 12.2. The quantitative estimate of drug-likeness (QED) is 0.0829. The predicted octanol–water partition coefficient (Wildman–Crippen LogP) is 6.63. The molecule has 0 aliphatic heterocycles. The number of aryl methyl sites for hydroxylation is 2. The lowest BCUT2D eigenvalue weighted by atomic mass is 9.35. The maximum absolute atomic E-state index is 12.2. The first-order valence-corrected chi connectivity index (χ1v) is 18.8. The number of pyridine rings is 2. The summed E-state index contributed by atoms with van der Waals surface area (Å²) in [5.74, 6) is 0.653. The zero-order valence-corrected chi connectivity index (χ0v) is 29.4. The van der Waals surface area contributed by atoms with Crippen LogP contribution in [0, 0.1) is 17.8 Å². The van der Waals surface area contributed by atoms with Crippen LogP contribution in [-0.4, -0.2) is 74.8 Å². The van der Waals surface area contributed by atoms with Gasteiger partial charge in [0.2, 0.25) is 5.88 Å².